The Balaban J connectivity index is 2.31. The topological polar surface area (TPSA) is 149 Å². The van der Waals surface area contributed by atoms with Crippen molar-refractivity contribution in [2.45, 2.75) is 166 Å². The molecule has 38 heavy (non-hydrogen) atoms. The number of carbonyl (C=O) groups excluding carboxylic acids is 1. The molecule has 1 fully saturated rings. The molecule has 9 nitrogen and oxygen atoms in total. The minimum atomic E-state index is -1.54. The molecule has 0 saturated carbocycles. The minimum Gasteiger partial charge on any atom is -0.394 e. The summed E-state index contributed by atoms with van der Waals surface area (Å²) < 4.78 is 11.0. The highest BCUT2D eigenvalue weighted by Gasteiger charge is 2.44. The summed E-state index contributed by atoms with van der Waals surface area (Å²) in [6.07, 6.45) is 11.3. The Hall–Kier alpha value is -0.810. The number of ether oxygens (including phenoxy) is 2. The number of hydrogen-bond acceptors (Lipinski definition) is 8. The number of aliphatic hydroxyl groups is 5. The first-order chi connectivity index (χ1) is 18.3. The van der Waals surface area contributed by atoms with Crippen molar-refractivity contribution in [3.05, 3.63) is 0 Å². The molecular weight excluding hydrogens is 490 g/mol. The number of nitrogens with one attached hydrogen (secondary N) is 1. The van der Waals surface area contributed by atoms with E-state index in [4.69, 9.17) is 9.47 Å². The summed E-state index contributed by atoms with van der Waals surface area (Å²) in [5.41, 5.74) is 0. The van der Waals surface area contributed by atoms with Gasteiger partial charge in [0.15, 0.2) is 6.29 Å². The van der Waals surface area contributed by atoms with Crippen LogP contribution in [0.2, 0.25) is 0 Å². The van der Waals surface area contributed by atoms with E-state index in [1.807, 2.05) is 6.92 Å². The molecule has 1 saturated heterocycles. The van der Waals surface area contributed by atoms with E-state index in [1.54, 1.807) is 0 Å². The zero-order chi connectivity index (χ0) is 28.2. The molecule has 7 unspecified atom stereocenters. The van der Waals surface area contributed by atoms with Crippen molar-refractivity contribution < 1.29 is 39.8 Å². The van der Waals surface area contributed by atoms with Crippen molar-refractivity contribution in [1.29, 1.82) is 0 Å². The van der Waals surface area contributed by atoms with Crippen LogP contribution >= 0.6 is 0 Å². The van der Waals surface area contributed by atoms with Gasteiger partial charge in [-0.05, 0) is 12.8 Å². The van der Waals surface area contributed by atoms with Crippen molar-refractivity contribution in [2.24, 2.45) is 0 Å². The van der Waals surface area contributed by atoms with Gasteiger partial charge < -0.3 is 40.3 Å². The lowest BCUT2D eigenvalue weighted by Crippen LogP contribution is -2.60. The molecular formula is C29H57NO8. The molecule has 0 radical (unpaired) electrons. The van der Waals surface area contributed by atoms with Gasteiger partial charge in [0.25, 0.3) is 0 Å². The van der Waals surface area contributed by atoms with Gasteiger partial charge in [-0.1, -0.05) is 104 Å². The molecule has 0 aromatic heterocycles. The third-order valence-corrected chi connectivity index (χ3v) is 7.43. The van der Waals surface area contributed by atoms with Gasteiger partial charge in [-0.15, -0.1) is 0 Å². The SMILES string of the molecule is CCCCCCCCCCCCCCCCC(O)C(COC1OC(CO)C(O)C(O)C1O)NC(=O)CCC. The molecule has 1 aliphatic heterocycles. The van der Waals surface area contributed by atoms with Crippen LogP contribution in [-0.2, 0) is 14.3 Å². The van der Waals surface area contributed by atoms with Gasteiger partial charge in [-0.3, -0.25) is 4.79 Å². The van der Waals surface area contributed by atoms with Gasteiger partial charge in [0.1, 0.15) is 24.4 Å². The van der Waals surface area contributed by atoms with Crippen LogP contribution in [0.5, 0.6) is 0 Å². The van der Waals surface area contributed by atoms with Crippen molar-refractivity contribution in [3.8, 4) is 0 Å². The Morgan fingerprint density at radius 2 is 1.32 bits per heavy atom. The molecule has 0 aromatic carbocycles. The lowest BCUT2D eigenvalue weighted by atomic mass is 9.99. The maximum Gasteiger partial charge on any atom is 0.220 e. The molecule has 0 bridgehead atoms. The fraction of sp³-hybridized carbons (Fsp3) is 0.966. The Morgan fingerprint density at radius 1 is 0.789 bits per heavy atom. The second-order valence-electron chi connectivity index (χ2n) is 10.9. The van der Waals surface area contributed by atoms with Crippen molar-refractivity contribution in [1.82, 2.24) is 5.32 Å². The number of aliphatic hydroxyl groups excluding tert-OH is 5. The van der Waals surface area contributed by atoms with Crippen LogP contribution in [0, 0.1) is 0 Å². The fourth-order valence-electron chi connectivity index (χ4n) is 4.91. The first-order valence-corrected chi connectivity index (χ1v) is 15.2. The predicted octanol–water partition coefficient (Wildman–Crippen LogP) is 3.32. The van der Waals surface area contributed by atoms with Crippen molar-refractivity contribution >= 4 is 5.91 Å². The summed E-state index contributed by atoms with van der Waals surface area (Å²) in [7, 11) is 0. The first kappa shape index (κ1) is 35.2. The number of unbranched alkanes of at least 4 members (excludes halogenated alkanes) is 13. The normalized spacial score (nSPS) is 25.3. The average molecular weight is 548 g/mol. The molecule has 0 spiro atoms. The van der Waals surface area contributed by atoms with Crippen LogP contribution in [0.4, 0.5) is 0 Å². The number of hydrogen-bond donors (Lipinski definition) is 6. The first-order valence-electron chi connectivity index (χ1n) is 15.2. The molecule has 7 atom stereocenters. The lowest BCUT2D eigenvalue weighted by molar-refractivity contribution is -0.302. The van der Waals surface area contributed by atoms with E-state index in [0.717, 1.165) is 19.3 Å². The highest BCUT2D eigenvalue weighted by molar-refractivity contribution is 5.76. The Morgan fingerprint density at radius 3 is 1.82 bits per heavy atom. The lowest BCUT2D eigenvalue weighted by Gasteiger charge is -2.40. The highest BCUT2D eigenvalue weighted by Crippen LogP contribution is 2.22. The van der Waals surface area contributed by atoms with Crippen molar-refractivity contribution in [2.75, 3.05) is 13.2 Å². The third-order valence-electron chi connectivity index (χ3n) is 7.43. The molecule has 1 rings (SSSR count). The van der Waals surface area contributed by atoms with Crippen LogP contribution < -0.4 is 5.32 Å². The van der Waals surface area contributed by atoms with Gasteiger partial charge >= 0.3 is 0 Å². The zero-order valence-electron chi connectivity index (χ0n) is 23.9. The van der Waals surface area contributed by atoms with E-state index >= 15 is 0 Å². The summed E-state index contributed by atoms with van der Waals surface area (Å²) in [5, 5.41) is 53.0. The number of rotatable bonds is 23. The smallest absolute Gasteiger partial charge is 0.220 e. The van der Waals surface area contributed by atoms with Crippen LogP contribution in [0.25, 0.3) is 0 Å². The average Bonchev–Trinajstić information content (AvgIpc) is 2.90. The van der Waals surface area contributed by atoms with Gasteiger partial charge in [0, 0.05) is 6.42 Å². The largest absolute Gasteiger partial charge is 0.394 e. The van der Waals surface area contributed by atoms with Crippen LogP contribution in [0.3, 0.4) is 0 Å². The standard InChI is InChI=1S/C29H57NO8/c1-3-5-6-7-8-9-10-11-12-13-14-15-16-17-19-23(32)22(30-25(33)18-4-2)21-37-29-28(36)27(35)26(34)24(20-31)38-29/h22-24,26-29,31-32,34-36H,3-21H2,1-2H3,(H,30,33). The minimum absolute atomic E-state index is 0.141. The van der Waals surface area contributed by atoms with Crippen molar-refractivity contribution in [3.63, 3.8) is 0 Å². The second kappa shape index (κ2) is 21.9. The summed E-state index contributed by atoms with van der Waals surface area (Å²) >= 11 is 0. The Kier molecular flexibility index (Phi) is 20.3. The summed E-state index contributed by atoms with van der Waals surface area (Å²) in [6.45, 7) is 3.45. The molecule has 1 amide bonds. The summed E-state index contributed by atoms with van der Waals surface area (Å²) in [4.78, 5) is 12.2. The highest BCUT2D eigenvalue weighted by atomic mass is 16.7. The van der Waals surface area contributed by atoms with E-state index in [2.05, 4.69) is 12.2 Å². The number of carbonyl (C=O) groups is 1. The van der Waals surface area contributed by atoms with Gasteiger partial charge in [0.2, 0.25) is 5.91 Å². The van der Waals surface area contributed by atoms with Gasteiger partial charge in [0.05, 0.1) is 25.4 Å². The summed E-state index contributed by atoms with van der Waals surface area (Å²) in [5.74, 6) is -0.199. The molecule has 1 heterocycles. The van der Waals surface area contributed by atoms with E-state index in [9.17, 15) is 30.3 Å². The van der Waals surface area contributed by atoms with Crippen LogP contribution in [0.1, 0.15) is 123 Å². The maximum atomic E-state index is 12.2. The van der Waals surface area contributed by atoms with E-state index in [1.165, 1.54) is 70.6 Å². The van der Waals surface area contributed by atoms with E-state index in [0.29, 0.717) is 19.3 Å². The van der Waals surface area contributed by atoms with Crippen LogP contribution in [-0.4, -0.2) is 87.5 Å². The van der Waals surface area contributed by atoms with Crippen LogP contribution in [0.15, 0.2) is 0 Å². The quantitative estimate of drug-likeness (QED) is 0.107. The molecule has 6 N–H and O–H groups in total. The third kappa shape index (κ3) is 14.5. The Labute approximate surface area is 230 Å². The second-order valence-corrected chi connectivity index (χ2v) is 10.9. The zero-order valence-corrected chi connectivity index (χ0v) is 23.9. The van der Waals surface area contributed by atoms with E-state index in [-0.39, 0.29) is 12.5 Å². The van der Waals surface area contributed by atoms with Gasteiger partial charge in [-0.25, -0.2) is 0 Å². The van der Waals surface area contributed by atoms with Gasteiger partial charge in [-0.2, -0.15) is 0 Å². The number of amides is 1. The molecule has 0 aliphatic carbocycles. The summed E-state index contributed by atoms with van der Waals surface area (Å²) in [6, 6.07) is -0.705. The fourth-order valence-corrected chi connectivity index (χ4v) is 4.91. The monoisotopic (exact) mass is 547 g/mol. The molecule has 1 aliphatic rings. The Bertz CT molecular complexity index is 579. The van der Waals surface area contributed by atoms with E-state index < -0.39 is 49.5 Å². The molecule has 9 heteroatoms. The maximum absolute atomic E-state index is 12.2. The molecule has 0 aromatic rings. The predicted molar refractivity (Wildman–Crippen MR) is 147 cm³/mol. The molecule has 226 valence electrons.